The monoisotopic (exact) mass is 578 g/mol. The van der Waals surface area contributed by atoms with E-state index < -0.39 is 39.5 Å². The maximum absolute atomic E-state index is 14.8. The highest BCUT2D eigenvalue weighted by Crippen LogP contribution is 2.70. The third kappa shape index (κ3) is 3.23. The highest BCUT2D eigenvalue weighted by molar-refractivity contribution is 6.20. The number of carbonyl (C=O) groups excluding carboxylic acids is 2. The zero-order valence-electron chi connectivity index (χ0n) is 26.1. The summed E-state index contributed by atoms with van der Waals surface area (Å²) < 4.78 is 26.2. The molecule has 6 aliphatic rings. The largest absolute Gasteiger partial charge is 0.507 e. The number of phenolic OH excluding ortho intramolecular Hbond substituents is 1. The van der Waals surface area contributed by atoms with E-state index in [0.29, 0.717) is 23.3 Å². The molecule has 0 radical (unpaired) electrons. The van der Waals surface area contributed by atoms with Crippen molar-refractivity contribution in [2.45, 2.75) is 109 Å². The molecule has 1 spiro atoms. The quantitative estimate of drug-likeness (QED) is 0.451. The van der Waals surface area contributed by atoms with Gasteiger partial charge in [-0.05, 0) is 60.5 Å². The van der Waals surface area contributed by atoms with Crippen LogP contribution < -0.4 is 9.47 Å². The van der Waals surface area contributed by atoms with Crippen molar-refractivity contribution in [3.05, 3.63) is 51.6 Å². The Morgan fingerprint density at radius 3 is 2.36 bits per heavy atom. The van der Waals surface area contributed by atoms with Crippen molar-refractivity contribution in [1.29, 1.82) is 0 Å². The second kappa shape index (κ2) is 8.80. The number of fused-ring (bicyclic) bond motifs is 3. The minimum Gasteiger partial charge on any atom is -0.507 e. The Balaban J connectivity index is 1.72. The number of rotatable bonds is 6. The lowest BCUT2D eigenvalue weighted by Crippen LogP contribution is -2.77. The average molecular weight is 579 g/mol. The van der Waals surface area contributed by atoms with Gasteiger partial charge in [0.25, 0.3) is 0 Å². The number of hydrogen-bond donors (Lipinski definition) is 2. The highest BCUT2D eigenvalue weighted by atomic mass is 16.6. The second-order valence-electron chi connectivity index (χ2n) is 14.0. The van der Waals surface area contributed by atoms with Crippen LogP contribution >= 0.6 is 0 Å². The normalized spacial score (nSPS) is 36.4. The maximum Gasteiger partial charge on any atom is 0.205 e. The summed E-state index contributed by atoms with van der Waals surface area (Å²) in [7, 11) is 1.46. The van der Waals surface area contributed by atoms with Crippen LogP contribution in [0, 0.1) is 5.92 Å². The van der Waals surface area contributed by atoms with Gasteiger partial charge >= 0.3 is 0 Å². The number of aromatic hydroxyl groups is 1. The molecule has 0 aromatic heterocycles. The van der Waals surface area contributed by atoms with E-state index in [1.54, 1.807) is 13.0 Å². The molecule has 3 aliphatic heterocycles. The van der Waals surface area contributed by atoms with E-state index in [0.717, 1.165) is 11.1 Å². The van der Waals surface area contributed by atoms with E-state index in [-0.39, 0.29) is 54.0 Å². The molecule has 3 heterocycles. The maximum atomic E-state index is 14.8. The van der Waals surface area contributed by atoms with Crippen molar-refractivity contribution in [2.24, 2.45) is 5.92 Å². The number of phenols is 1. The van der Waals surface area contributed by atoms with Gasteiger partial charge in [0.2, 0.25) is 5.78 Å². The zero-order valence-corrected chi connectivity index (χ0v) is 26.1. The smallest absolute Gasteiger partial charge is 0.205 e. The Hall–Kier alpha value is -2.94. The molecule has 226 valence electrons. The van der Waals surface area contributed by atoms with Gasteiger partial charge in [-0.25, -0.2) is 0 Å². The lowest BCUT2D eigenvalue weighted by molar-refractivity contribution is -0.191. The van der Waals surface area contributed by atoms with E-state index in [2.05, 4.69) is 0 Å². The Bertz CT molecular complexity index is 1520. The summed E-state index contributed by atoms with van der Waals surface area (Å²) in [6, 6.07) is 0. The highest BCUT2D eigenvalue weighted by Gasteiger charge is 2.85. The SMILES string of the molecule is CO[C@]12C=C3C(=O)c4c(O)c(CC=C(C)C)c5c(c4O[C@]34[C@H](C1)[C@](C)(CO)O[C@]4(CC=C(C)C)C2=O)C(C)(C)[C@@H](C)O5. The molecule has 2 fully saturated rings. The molecule has 42 heavy (non-hydrogen) atoms. The molecule has 7 rings (SSSR count). The Kier molecular flexibility index (Phi) is 6.11. The molecule has 1 saturated heterocycles. The van der Waals surface area contributed by atoms with Gasteiger partial charge in [-0.2, -0.15) is 0 Å². The molecule has 3 aliphatic carbocycles. The third-order valence-corrected chi connectivity index (χ3v) is 10.6. The van der Waals surface area contributed by atoms with Crippen molar-refractivity contribution in [3.8, 4) is 17.2 Å². The van der Waals surface area contributed by atoms with Crippen LogP contribution in [0.25, 0.3) is 0 Å². The fraction of sp³-hybridized carbons (Fsp3) is 0.588. The molecular weight excluding hydrogens is 536 g/mol. The van der Waals surface area contributed by atoms with Crippen LogP contribution in [-0.2, 0) is 26.1 Å². The first-order valence-corrected chi connectivity index (χ1v) is 14.8. The summed E-state index contributed by atoms with van der Waals surface area (Å²) >= 11 is 0. The molecular formula is C34H42O8. The number of carbonyl (C=O) groups is 2. The first-order chi connectivity index (χ1) is 19.6. The number of aliphatic hydroxyl groups is 1. The molecule has 6 atom stereocenters. The Morgan fingerprint density at radius 2 is 1.76 bits per heavy atom. The predicted molar refractivity (Wildman–Crippen MR) is 156 cm³/mol. The number of methoxy groups -OCH3 is 1. The van der Waals surface area contributed by atoms with Crippen LogP contribution in [-0.4, -0.2) is 64.0 Å². The molecule has 8 heteroatoms. The first-order valence-electron chi connectivity index (χ1n) is 14.8. The van der Waals surface area contributed by atoms with Crippen molar-refractivity contribution in [2.75, 3.05) is 13.7 Å². The molecule has 2 N–H and O–H groups in total. The molecule has 0 amide bonds. The molecule has 0 unspecified atom stereocenters. The van der Waals surface area contributed by atoms with Crippen LogP contribution in [0.3, 0.4) is 0 Å². The predicted octanol–water partition coefficient (Wildman–Crippen LogP) is 5.06. The molecule has 1 aromatic rings. The van der Waals surface area contributed by atoms with Crippen LogP contribution in [0.5, 0.6) is 17.2 Å². The van der Waals surface area contributed by atoms with Crippen LogP contribution in [0.2, 0.25) is 0 Å². The standard InChI is InChI=1S/C34H42O8/c1-17(2)10-11-20-25(36)23-26(37)21-14-32(39-9)15-22-31(8,16-35)42-33(29(32)38,13-12-18(3)4)34(21,22)41-28(23)24-27(20)40-19(5)30(24,6)7/h10,12,14,19,22,35-36H,11,13,15-16H2,1-9H3/t19-,22-,31+,32-,33-,34+/m1/s1. The van der Waals surface area contributed by atoms with Crippen LogP contribution in [0.15, 0.2) is 34.9 Å². The summed E-state index contributed by atoms with van der Waals surface area (Å²) in [5.41, 5.74) is -2.82. The summed E-state index contributed by atoms with van der Waals surface area (Å²) in [5.74, 6) is -0.774. The third-order valence-electron chi connectivity index (χ3n) is 10.6. The van der Waals surface area contributed by atoms with Crippen molar-refractivity contribution < 1.29 is 38.7 Å². The number of ether oxygens (including phenoxy) is 4. The number of ketones is 2. The van der Waals surface area contributed by atoms with Gasteiger partial charge in [-0.3, -0.25) is 9.59 Å². The first kappa shape index (κ1) is 29.1. The minimum absolute atomic E-state index is 0.0715. The van der Waals surface area contributed by atoms with Crippen molar-refractivity contribution in [1.82, 2.24) is 0 Å². The van der Waals surface area contributed by atoms with E-state index in [9.17, 15) is 19.8 Å². The van der Waals surface area contributed by atoms with E-state index in [4.69, 9.17) is 18.9 Å². The van der Waals surface area contributed by atoms with Crippen molar-refractivity contribution >= 4 is 11.6 Å². The summed E-state index contributed by atoms with van der Waals surface area (Å²) in [6.45, 7) is 15.3. The van der Waals surface area contributed by atoms with Crippen LogP contribution in [0.4, 0.5) is 0 Å². The molecule has 4 bridgehead atoms. The molecule has 1 aromatic carbocycles. The number of allylic oxidation sites excluding steroid dienone is 3. The van der Waals surface area contributed by atoms with Gasteiger partial charge in [-0.1, -0.05) is 37.1 Å². The van der Waals surface area contributed by atoms with Crippen molar-refractivity contribution in [3.63, 3.8) is 0 Å². The minimum atomic E-state index is -1.64. The number of benzene rings is 1. The fourth-order valence-electron chi connectivity index (χ4n) is 7.98. The second-order valence-corrected chi connectivity index (χ2v) is 14.0. The lowest BCUT2D eigenvalue weighted by atomic mass is 9.49. The van der Waals surface area contributed by atoms with Gasteiger partial charge in [0, 0.05) is 41.6 Å². The fourth-order valence-corrected chi connectivity index (χ4v) is 7.98. The van der Waals surface area contributed by atoms with Gasteiger partial charge in [0.15, 0.2) is 17.0 Å². The number of aliphatic hydroxyl groups excluding tert-OH is 1. The van der Waals surface area contributed by atoms with Gasteiger partial charge in [0.05, 0.1) is 12.2 Å². The summed E-state index contributed by atoms with van der Waals surface area (Å²) in [6.07, 6.45) is 5.93. The zero-order chi connectivity index (χ0) is 30.8. The molecule has 8 nitrogen and oxygen atoms in total. The average Bonchev–Trinajstić information content (AvgIpc) is 3.26. The van der Waals surface area contributed by atoms with Gasteiger partial charge in [0.1, 0.15) is 34.5 Å². The topological polar surface area (TPSA) is 112 Å². The van der Waals surface area contributed by atoms with E-state index in [1.165, 1.54) is 7.11 Å². The summed E-state index contributed by atoms with van der Waals surface area (Å²) in [5, 5.41) is 22.5. The lowest BCUT2D eigenvalue weighted by Gasteiger charge is -2.59. The Labute approximate surface area is 247 Å². The van der Waals surface area contributed by atoms with E-state index >= 15 is 0 Å². The number of hydrogen-bond acceptors (Lipinski definition) is 8. The molecule has 1 saturated carbocycles. The van der Waals surface area contributed by atoms with Gasteiger partial charge in [-0.15, -0.1) is 0 Å². The van der Waals surface area contributed by atoms with Crippen LogP contribution in [0.1, 0.15) is 89.7 Å². The Morgan fingerprint density at radius 1 is 1.10 bits per heavy atom. The van der Waals surface area contributed by atoms with Gasteiger partial charge < -0.3 is 29.2 Å². The van der Waals surface area contributed by atoms with E-state index in [1.807, 2.05) is 60.6 Å². The summed E-state index contributed by atoms with van der Waals surface area (Å²) in [4.78, 5) is 29.4. The number of Topliss-reactive ketones (excluding diaryl/α,β-unsaturated/α-hetero) is 2.